The summed E-state index contributed by atoms with van der Waals surface area (Å²) in [6, 6.07) is 14.3. The van der Waals surface area contributed by atoms with Crippen molar-refractivity contribution in [3.8, 4) is 5.75 Å². The third-order valence-corrected chi connectivity index (χ3v) is 3.27. The zero-order chi connectivity index (χ0) is 14.5. The van der Waals surface area contributed by atoms with E-state index in [1.807, 2.05) is 25.2 Å². The maximum absolute atomic E-state index is 5.95. The van der Waals surface area contributed by atoms with E-state index in [-0.39, 0.29) is 0 Å². The third kappa shape index (κ3) is 3.23. The second kappa shape index (κ2) is 6.33. The van der Waals surface area contributed by atoms with E-state index in [4.69, 9.17) is 10.5 Å². The molecule has 0 saturated carbocycles. The quantitative estimate of drug-likeness (QED) is 0.830. The number of hydrogen-bond acceptors (Lipinski definition) is 3. The molecule has 0 aliphatic rings. The van der Waals surface area contributed by atoms with Gasteiger partial charge in [-0.05, 0) is 37.6 Å². The molecule has 0 spiro atoms. The van der Waals surface area contributed by atoms with Crippen molar-refractivity contribution in [1.29, 1.82) is 0 Å². The van der Waals surface area contributed by atoms with Crippen LogP contribution in [0.15, 0.2) is 42.5 Å². The lowest BCUT2D eigenvalue weighted by Crippen LogP contribution is -2.10. The van der Waals surface area contributed by atoms with Crippen molar-refractivity contribution in [1.82, 2.24) is 0 Å². The van der Waals surface area contributed by atoms with E-state index in [2.05, 4.69) is 43.0 Å². The molecule has 2 aromatic carbocycles. The summed E-state index contributed by atoms with van der Waals surface area (Å²) in [4.78, 5) is 2.12. The molecule has 0 aliphatic heterocycles. The predicted octanol–water partition coefficient (Wildman–Crippen LogP) is 4.13. The van der Waals surface area contributed by atoms with Crippen molar-refractivity contribution >= 4 is 17.1 Å². The van der Waals surface area contributed by atoms with Gasteiger partial charge in [-0.15, -0.1) is 0 Å². The minimum atomic E-state index is 0.680. The highest BCUT2D eigenvalue weighted by molar-refractivity contribution is 5.68. The molecule has 0 heterocycles. The van der Waals surface area contributed by atoms with Crippen LogP contribution in [0.5, 0.6) is 5.75 Å². The summed E-state index contributed by atoms with van der Waals surface area (Å²) < 4.78 is 5.68. The van der Waals surface area contributed by atoms with Crippen molar-refractivity contribution in [3.05, 3.63) is 48.0 Å². The van der Waals surface area contributed by atoms with E-state index in [9.17, 15) is 0 Å². The smallest absolute Gasteiger partial charge is 0.144 e. The van der Waals surface area contributed by atoms with Gasteiger partial charge >= 0.3 is 0 Å². The lowest BCUT2D eigenvalue weighted by Gasteiger charge is -2.21. The number of nitrogens with zero attached hydrogens (tertiary/aromatic N) is 1. The van der Waals surface area contributed by atoms with Crippen LogP contribution in [0.25, 0.3) is 0 Å². The van der Waals surface area contributed by atoms with Gasteiger partial charge in [0.1, 0.15) is 5.75 Å². The van der Waals surface area contributed by atoms with Crippen molar-refractivity contribution < 1.29 is 4.74 Å². The Morgan fingerprint density at radius 1 is 1.05 bits per heavy atom. The Labute approximate surface area is 121 Å². The fraction of sp³-hybridized carbons (Fsp3) is 0.294. The number of benzene rings is 2. The minimum Gasteiger partial charge on any atom is -0.491 e. The molecule has 0 saturated heterocycles. The van der Waals surface area contributed by atoms with E-state index < -0.39 is 0 Å². The first-order valence-corrected chi connectivity index (χ1v) is 6.94. The Balaban J connectivity index is 2.25. The Kier molecular flexibility index (Phi) is 4.51. The minimum absolute atomic E-state index is 0.680. The molecule has 2 N–H and O–H groups in total. The molecule has 106 valence electrons. The molecule has 0 unspecified atom stereocenters. The normalized spacial score (nSPS) is 10.3. The summed E-state index contributed by atoms with van der Waals surface area (Å²) in [5, 5.41) is 0. The van der Waals surface area contributed by atoms with E-state index in [1.165, 1.54) is 5.56 Å². The molecule has 20 heavy (non-hydrogen) atoms. The number of hydrogen-bond donors (Lipinski definition) is 1. The summed E-state index contributed by atoms with van der Waals surface area (Å²) in [6.45, 7) is 4.85. The maximum atomic E-state index is 5.95. The SMILES string of the molecule is CCCOc1cc(N(C)c2ccc(C)cc2)ccc1N. The average Bonchev–Trinajstić information content (AvgIpc) is 2.46. The number of rotatable bonds is 5. The Morgan fingerprint density at radius 3 is 2.35 bits per heavy atom. The summed E-state index contributed by atoms with van der Waals surface area (Å²) >= 11 is 0. The van der Waals surface area contributed by atoms with Crippen LogP contribution in [0, 0.1) is 6.92 Å². The monoisotopic (exact) mass is 270 g/mol. The number of ether oxygens (including phenoxy) is 1. The van der Waals surface area contributed by atoms with Gasteiger partial charge in [0.05, 0.1) is 12.3 Å². The number of nitrogens with two attached hydrogens (primary N) is 1. The summed E-state index contributed by atoms with van der Waals surface area (Å²) in [5.41, 5.74) is 10.1. The van der Waals surface area contributed by atoms with Crippen molar-refractivity contribution in [2.75, 3.05) is 24.3 Å². The molecule has 2 rings (SSSR count). The summed E-state index contributed by atoms with van der Waals surface area (Å²) in [5.74, 6) is 0.753. The van der Waals surface area contributed by atoms with Crippen LogP contribution in [0.3, 0.4) is 0 Å². The van der Waals surface area contributed by atoms with Crippen LogP contribution in [0.2, 0.25) is 0 Å². The van der Waals surface area contributed by atoms with Crippen LogP contribution in [0.4, 0.5) is 17.1 Å². The van der Waals surface area contributed by atoms with Gasteiger partial charge in [0.2, 0.25) is 0 Å². The van der Waals surface area contributed by atoms with Crippen LogP contribution in [-0.4, -0.2) is 13.7 Å². The average molecular weight is 270 g/mol. The first kappa shape index (κ1) is 14.3. The van der Waals surface area contributed by atoms with Gasteiger partial charge in [-0.1, -0.05) is 24.6 Å². The van der Waals surface area contributed by atoms with Gasteiger partial charge in [0, 0.05) is 24.5 Å². The van der Waals surface area contributed by atoms with Crippen molar-refractivity contribution in [3.63, 3.8) is 0 Å². The standard InChI is InChI=1S/C17H22N2O/c1-4-11-20-17-12-15(9-10-16(17)18)19(3)14-7-5-13(2)6-8-14/h5-10,12H,4,11,18H2,1-3H3. The molecule has 3 heteroatoms. The van der Waals surface area contributed by atoms with E-state index >= 15 is 0 Å². The van der Waals surface area contributed by atoms with Gasteiger partial charge < -0.3 is 15.4 Å². The van der Waals surface area contributed by atoms with Gasteiger partial charge in [-0.3, -0.25) is 0 Å². The molecule has 0 fully saturated rings. The largest absolute Gasteiger partial charge is 0.491 e. The van der Waals surface area contributed by atoms with Gasteiger partial charge in [-0.2, -0.15) is 0 Å². The molecule has 3 nitrogen and oxygen atoms in total. The lowest BCUT2D eigenvalue weighted by molar-refractivity contribution is 0.319. The highest BCUT2D eigenvalue weighted by Crippen LogP contribution is 2.31. The van der Waals surface area contributed by atoms with Crippen LogP contribution >= 0.6 is 0 Å². The second-order valence-electron chi connectivity index (χ2n) is 4.97. The zero-order valence-corrected chi connectivity index (χ0v) is 12.4. The predicted molar refractivity (Wildman–Crippen MR) is 85.9 cm³/mol. The Morgan fingerprint density at radius 2 is 1.70 bits per heavy atom. The third-order valence-electron chi connectivity index (χ3n) is 3.27. The van der Waals surface area contributed by atoms with Crippen molar-refractivity contribution in [2.45, 2.75) is 20.3 Å². The van der Waals surface area contributed by atoms with Crippen LogP contribution in [-0.2, 0) is 0 Å². The molecule has 0 bridgehead atoms. The molecule has 0 radical (unpaired) electrons. The fourth-order valence-corrected chi connectivity index (χ4v) is 1.99. The molecule has 2 aromatic rings. The van der Waals surface area contributed by atoms with E-state index in [1.54, 1.807) is 0 Å². The van der Waals surface area contributed by atoms with E-state index in [0.717, 1.165) is 23.5 Å². The van der Waals surface area contributed by atoms with Crippen LogP contribution in [0.1, 0.15) is 18.9 Å². The molecule has 0 amide bonds. The molecule has 0 aliphatic carbocycles. The van der Waals surface area contributed by atoms with Crippen molar-refractivity contribution in [2.24, 2.45) is 0 Å². The Hall–Kier alpha value is -2.16. The Bertz CT molecular complexity index is 564. The molecule has 0 atom stereocenters. The fourth-order valence-electron chi connectivity index (χ4n) is 1.99. The van der Waals surface area contributed by atoms with Gasteiger partial charge in [0.15, 0.2) is 0 Å². The summed E-state index contributed by atoms with van der Waals surface area (Å²) in [7, 11) is 2.04. The second-order valence-corrected chi connectivity index (χ2v) is 4.97. The maximum Gasteiger partial charge on any atom is 0.144 e. The first-order chi connectivity index (χ1) is 9.61. The number of anilines is 3. The van der Waals surface area contributed by atoms with E-state index in [0.29, 0.717) is 12.3 Å². The first-order valence-electron chi connectivity index (χ1n) is 6.94. The van der Waals surface area contributed by atoms with Gasteiger partial charge in [-0.25, -0.2) is 0 Å². The van der Waals surface area contributed by atoms with Crippen LogP contribution < -0.4 is 15.4 Å². The molecule has 0 aromatic heterocycles. The topological polar surface area (TPSA) is 38.5 Å². The summed E-state index contributed by atoms with van der Waals surface area (Å²) in [6.07, 6.45) is 0.970. The lowest BCUT2D eigenvalue weighted by atomic mass is 10.2. The highest BCUT2D eigenvalue weighted by atomic mass is 16.5. The number of aryl methyl sites for hydroxylation is 1. The molecular formula is C17H22N2O. The number of nitrogen functional groups attached to an aromatic ring is 1. The van der Waals surface area contributed by atoms with Gasteiger partial charge in [0.25, 0.3) is 0 Å². The zero-order valence-electron chi connectivity index (χ0n) is 12.4. The molecular weight excluding hydrogens is 248 g/mol. The highest BCUT2D eigenvalue weighted by Gasteiger charge is 2.07.